The van der Waals surface area contributed by atoms with Gasteiger partial charge in [0.15, 0.2) is 0 Å². The van der Waals surface area contributed by atoms with Gasteiger partial charge in [-0.1, -0.05) is 28.9 Å². The summed E-state index contributed by atoms with van der Waals surface area (Å²) in [5.74, 6) is -1.05. The number of nitrogens with one attached hydrogen (secondary N) is 1. The van der Waals surface area contributed by atoms with Crippen LogP contribution in [-0.4, -0.2) is 38.5 Å². The zero-order chi connectivity index (χ0) is 28.5. The van der Waals surface area contributed by atoms with Gasteiger partial charge in [0.25, 0.3) is 0 Å². The molecule has 1 aromatic heterocycles. The first-order valence-electron chi connectivity index (χ1n) is 12.1. The lowest BCUT2D eigenvalue weighted by Crippen LogP contribution is -2.47. The zero-order valence-corrected chi connectivity index (χ0v) is 23.4. The largest absolute Gasteiger partial charge is 0.465 e. The Balaban J connectivity index is 1.78. The van der Waals surface area contributed by atoms with E-state index in [4.69, 9.17) is 16.1 Å². The van der Waals surface area contributed by atoms with Crippen molar-refractivity contribution in [3.63, 3.8) is 0 Å². The van der Waals surface area contributed by atoms with Crippen LogP contribution in [0.4, 0.5) is 14.9 Å². The molecule has 39 heavy (non-hydrogen) atoms. The number of carboxylic acid groups (broad SMARTS) is 1. The van der Waals surface area contributed by atoms with Crippen LogP contribution in [0.2, 0.25) is 5.02 Å². The molecule has 1 aliphatic rings. The van der Waals surface area contributed by atoms with Gasteiger partial charge in [-0.2, -0.15) is 10.2 Å². The number of anilines is 1. The van der Waals surface area contributed by atoms with Gasteiger partial charge in [-0.05, 0) is 63.9 Å². The summed E-state index contributed by atoms with van der Waals surface area (Å²) < 4.78 is 20.7. The van der Waals surface area contributed by atoms with Crippen LogP contribution in [0.3, 0.4) is 0 Å². The van der Waals surface area contributed by atoms with Gasteiger partial charge in [0.05, 0.1) is 29.8 Å². The topological polar surface area (TPSA) is 132 Å². The van der Waals surface area contributed by atoms with E-state index in [2.05, 4.69) is 21.5 Å². The monoisotopic (exact) mass is 571 g/mol. The Hall–Kier alpha value is -3.62. The van der Waals surface area contributed by atoms with Crippen molar-refractivity contribution in [2.75, 3.05) is 10.7 Å². The van der Waals surface area contributed by atoms with Gasteiger partial charge in [0, 0.05) is 21.2 Å². The van der Waals surface area contributed by atoms with Gasteiger partial charge in [0.2, 0.25) is 17.6 Å². The van der Waals surface area contributed by atoms with E-state index in [0.717, 1.165) is 5.56 Å². The molecule has 0 bridgehead atoms. The number of carbonyl (C=O) groups excluding carboxylic acids is 1. The van der Waals surface area contributed by atoms with Crippen LogP contribution in [0.25, 0.3) is 11.4 Å². The highest BCUT2D eigenvalue weighted by Crippen LogP contribution is 2.42. The molecule has 4 rings (SSSR count). The SMILES string of the molecule is CC(C)(C[C@H]1CSc2cc(F)c(-c3noc(C(C)(C)C#N)n3)cc2N(Cc2ccc(Cl)cc2)C1=O)NC(=O)O. The molecule has 0 fully saturated rings. The summed E-state index contributed by atoms with van der Waals surface area (Å²) in [5, 5.41) is 25.6. The highest BCUT2D eigenvalue weighted by molar-refractivity contribution is 7.99. The fourth-order valence-corrected chi connectivity index (χ4v) is 5.59. The third-order valence-corrected chi connectivity index (χ3v) is 7.79. The minimum Gasteiger partial charge on any atom is -0.465 e. The average Bonchev–Trinajstić information content (AvgIpc) is 3.32. The van der Waals surface area contributed by atoms with E-state index >= 15 is 4.39 Å². The van der Waals surface area contributed by atoms with E-state index in [-0.39, 0.29) is 36.2 Å². The van der Waals surface area contributed by atoms with Crippen molar-refractivity contribution >= 4 is 41.1 Å². The molecule has 204 valence electrons. The number of thioether (sulfide) groups is 1. The maximum Gasteiger partial charge on any atom is 0.405 e. The lowest BCUT2D eigenvalue weighted by molar-refractivity contribution is -0.122. The summed E-state index contributed by atoms with van der Waals surface area (Å²) in [5.41, 5.74) is -0.646. The molecule has 2 N–H and O–H groups in total. The van der Waals surface area contributed by atoms with E-state index < -0.39 is 28.8 Å². The second-order valence-corrected chi connectivity index (χ2v) is 12.0. The van der Waals surface area contributed by atoms with Crippen molar-refractivity contribution < 1.29 is 23.6 Å². The van der Waals surface area contributed by atoms with Crippen LogP contribution >= 0.6 is 23.4 Å². The predicted molar refractivity (Wildman–Crippen MR) is 145 cm³/mol. The number of nitriles is 1. The van der Waals surface area contributed by atoms with E-state index in [1.165, 1.54) is 23.9 Å². The van der Waals surface area contributed by atoms with E-state index in [1.807, 2.05) is 0 Å². The minimum atomic E-state index is -1.18. The Morgan fingerprint density at radius 2 is 2.00 bits per heavy atom. The van der Waals surface area contributed by atoms with Crippen molar-refractivity contribution in [1.29, 1.82) is 5.26 Å². The lowest BCUT2D eigenvalue weighted by Gasteiger charge is -2.31. The molecule has 2 heterocycles. The molecule has 0 aliphatic carbocycles. The van der Waals surface area contributed by atoms with Crippen molar-refractivity contribution in [2.45, 2.75) is 56.5 Å². The van der Waals surface area contributed by atoms with Crippen LogP contribution in [-0.2, 0) is 16.8 Å². The first-order chi connectivity index (χ1) is 18.3. The molecule has 0 unspecified atom stereocenters. The standard InChI is InChI=1S/C27H27ClFN5O4S/c1-26(2,14-30)24-31-22(33-38-24)18-9-20-21(10-19(18)29)39-13-16(11-27(3,4)32-25(36)37)23(35)34(20)12-15-5-7-17(28)8-6-15/h5-10,16,32H,11-13H2,1-4H3,(H,36,37)/t16-/m0/s1. The Morgan fingerprint density at radius 3 is 2.64 bits per heavy atom. The summed E-state index contributed by atoms with van der Waals surface area (Å²) in [6.45, 7) is 6.84. The molecule has 0 radical (unpaired) electrons. The summed E-state index contributed by atoms with van der Waals surface area (Å²) in [6.07, 6.45) is -0.941. The highest BCUT2D eigenvalue weighted by Gasteiger charge is 2.37. The first-order valence-corrected chi connectivity index (χ1v) is 13.4. The maximum atomic E-state index is 15.4. The van der Waals surface area contributed by atoms with Crippen LogP contribution in [0.1, 0.15) is 45.6 Å². The van der Waals surface area contributed by atoms with E-state index in [9.17, 15) is 20.0 Å². The van der Waals surface area contributed by atoms with Crippen molar-refractivity contribution in [1.82, 2.24) is 15.5 Å². The molecule has 1 aliphatic heterocycles. The number of aromatic nitrogens is 2. The second kappa shape index (κ2) is 10.9. The van der Waals surface area contributed by atoms with Gasteiger partial charge in [-0.3, -0.25) is 4.79 Å². The molecule has 12 heteroatoms. The number of hydrogen-bond acceptors (Lipinski definition) is 7. The van der Waals surface area contributed by atoms with Gasteiger partial charge in [0.1, 0.15) is 11.2 Å². The number of nitrogens with zero attached hydrogens (tertiary/aromatic N) is 4. The number of fused-ring (bicyclic) bond motifs is 1. The molecule has 0 spiro atoms. The third-order valence-electron chi connectivity index (χ3n) is 6.33. The maximum absolute atomic E-state index is 15.4. The third kappa shape index (κ3) is 6.34. The predicted octanol–water partition coefficient (Wildman–Crippen LogP) is 6.02. The number of carbonyl (C=O) groups is 2. The molecule has 3 aromatic rings. The molecular formula is C27H27ClFN5O4S. The molecule has 1 atom stereocenters. The quantitative estimate of drug-likeness (QED) is 0.352. The molecule has 9 nitrogen and oxygen atoms in total. The molecule has 0 saturated heterocycles. The molecular weight excluding hydrogens is 545 g/mol. The summed E-state index contributed by atoms with van der Waals surface area (Å²) in [4.78, 5) is 31.7. The van der Waals surface area contributed by atoms with Crippen LogP contribution in [0.15, 0.2) is 45.8 Å². The summed E-state index contributed by atoms with van der Waals surface area (Å²) >= 11 is 7.38. The summed E-state index contributed by atoms with van der Waals surface area (Å²) in [7, 11) is 0. The Labute approximate surface area is 234 Å². The fraction of sp³-hybridized carbons (Fsp3) is 0.370. The first kappa shape index (κ1) is 28.4. The number of halogens is 2. The Morgan fingerprint density at radius 1 is 1.31 bits per heavy atom. The van der Waals surface area contributed by atoms with Gasteiger partial charge in [-0.15, -0.1) is 11.8 Å². The summed E-state index contributed by atoms with van der Waals surface area (Å²) in [6, 6.07) is 12.0. The number of hydrogen-bond donors (Lipinski definition) is 2. The zero-order valence-electron chi connectivity index (χ0n) is 21.8. The van der Waals surface area contributed by atoms with E-state index in [0.29, 0.717) is 21.4 Å². The lowest BCUT2D eigenvalue weighted by atomic mass is 9.90. The average molecular weight is 572 g/mol. The Bertz CT molecular complexity index is 1450. The number of rotatable bonds is 7. The highest BCUT2D eigenvalue weighted by atomic mass is 35.5. The number of amides is 2. The van der Waals surface area contributed by atoms with Crippen molar-refractivity contribution in [3.8, 4) is 17.5 Å². The Kier molecular flexibility index (Phi) is 7.91. The van der Waals surface area contributed by atoms with Crippen LogP contribution in [0, 0.1) is 23.1 Å². The molecule has 0 saturated carbocycles. The van der Waals surface area contributed by atoms with Crippen molar-refractivity contribution in [2.24, 2.45) is 5.92 Å². The van der Waals surface area contributed by atoms with Crippen LogP contribution in [0.5, 0.6) is 0 Å². The van der Waals surface area contributed by atoms with Gasteiger partial charge < -0.3 is 19.8 Å². The van der Waals surface area contributed by atoms with E-state index in [1.54, 1.807) is 56.9 Å². The number of benzene rings is 2. The van der Waals surface area contributed by atoms with Crippen molar-refractivity contribution in [3.05, 3.63) is 58.7 Å². The normalized spacial score (nSPS) is 15.9. The molecule has 2 amide bonds. The fourth-order valence-electron chi connectivity index (χ4n) is 4.32. The van der Waals surface area contributed by atoms with Gasteiger partial charge in [-0.25, -0.2) is 9.18 Å². The minimum absolute atomic E-state index is 0.0262. The second-order valence-electron chi connectivity index (χ2n) is 10.5. The smallest absolute Gasteiger partial charge is 0.405 e. The van der Waals surface area contributed by atoms with Crippen LogP contribution < -0.4 is 10.2 Å². The molecule has 2 aromatic carbocycles. The van der Waals surface area contributed by atoms with Gasteiger partial charge >= 0.3 is 6.09 Å².